The maximum Gasteiger partial charge on any atom is 0.134 e. The zero-order chi connectivity index (χ0) is 57.5. The third kappa shape index (κ3) is 8.72. The van der Waals surface area contributed by atoms with Crippen molar-refractivity contribution in [3.63, 3.8) is 0 Å². The molecule has 12 aromatic rings. The van der Waals surface area contributed by atoms with Gasteiger partial charge in [0.2, 0.25) is 0 Å². The van der Waals surface area contributed by atoms with E-state index >= 15 is 0 Å². The van der Waals surface area contributed by atoms with E-state index in [1.54, 1.807) is 56.9 Å². The molecule has 0 atom stereocenters. The normalized spacial score (nSPS) is 12.2. The van der Waals surface area contributed by atoms with Gasteiger partial charge >= 0.3 is 0 Å². The summed E-state index contributed by atoms with van der Waals surface area (Å²) < 4.78 is 51.4. The second-order valence-electron chi connectivity index (χ2n) is 20.3. The minimum absolute atomic E-state index is 0.310. The van der Waals surface area contributed by atoms with Crippen LogP contribution in [0.5, 0.6) is 46.0 Å². The predicted octanol–water partition coefficient (Wildman–Crippen LogP) is 17.7. The maximum absolute atomic E-state index is 6.71. The summed E-state index contributed by atoms with van der Waals surface area (Å²) in [6.07, 6.45) is 0.961. The number of halogens is 4. The van der Waals surface area contributed by atoms with Crippen LogP contribution in [0.3, 0.4) is 0 Å². The number of aromatic nitrogens is 4. The maximum atomic E-state index is 6.71. The van der Waals surface area contributed by atoms with E-state index in [9.17, 15) is 0 Å². The van der Waals surface area contributed by atoms with Crippen LogP contribution in [0.4, 0.5) is 0 Å². The Morgan fingerprint density at radius 3 is 0.916 bits per heavy atom. The van der Waals surface area contributed by atoms with Gasteiger partial charge in [-0.25, -0.2) is 0 Å². The van der Waals surface area contributed by atoms with Gasteiger partial charge in [-0.1, -0.05) is 94.9 Å². The van der Waals surface area contributed by atoms with Gasteiger partial charge in [0.15, 0.2) is 0 Å². The Kier molecular flexibility index (Phi) is 13.8. The van der Waals surface area contributed by atoms with Crippen molar-refractivity contribution in [2.75, 3.05) is 56.9 Å². The fourth-order valence-electron chi connectivity index (χ4n) is 12.6. The summed E-state index contributed by atoms with van der Waals surface area (Å²) in [5.41, 5.74) is 16.8. The number of hydrogen-bond acceptors (Lipinski definition) is 8. The minimum Gasteiger partial charge on any atom is -0.496 e. The first-order valence-corrected chi connectivity index (χ1v) is 28.1. The first kappa shape index (κ1) is 53.8. The lowest BCUT2D eigenvalue weighted by atomic mass is 9.92. The summed E-state index contributed by atoms with van der Waals surface area (Å²) in [5, 5.41) is 5.68. The van der Waals surface area contributed by atoms with Crippen LogP contribution in [-0.2, 0) is 19.3 Å². The molecule has 4 N–H and O–H groups in total. The van der Waals surface area contributed by atoms with Crippen LogP contribution >= 0.6 is 46.4 Å². The molecule has 0 unspecified atom stereocenters. The number of nitrogens with one attached hydrogen (secondary N) is 4. The Morgan fingerprint density at radius 1 is 0.277 bits per heavy atom. The first-order chi connectivity index (χ1) is 40.4. The zero-order valence-electron chi connectivity index (χ0n) is 46.4. The summed E-state index contributed by atoms with van der Waals surface area (Å²) >= 11 is 26.7. The van der Waals surface area contributed by atoms with Gasteiger partial charge in [0.25, 0.3) is 0 Å². The quantitative estimate of drug-likeness (QED) is 0.0949. The highest BCUT2D eigenvalue weighted by atomic mass is 35.5. The van der Waals surface area contributed by atoms with E-state index in [1.807, 2.05) is 121 Å². The van der Waals surface area contributed by atoms with Crippen LogP contribution in [0.15, 0.2) is 121 Å². The van der Waals surface area contributed by atoms with E-state index in [1.165, 1.54) is 0 Å². The smallest absolute Gasteiger partial charge is 0.134 e. The van der Waals surface area contributed by atoms with Crippen LogP contribution in [0.25, 0.3) is 99.4 Å². The molecular weight excluding hydrogens is 1130 g/mol. The van der Waals surface area contributed by atoms with Crippen LogP contribution in [0.2, 0.25) is 20.1 Å². The Balaban J connectivity index is 1.27. The third-order valence-corrected chi connectivity index (χ3v) is 17.2. The molecule has 0 radical (unpaired) electrons. The van der Waals surface area contributed by atoms with E-state index in [-0.39, 0.29) is 0 Å². The molecule has 83 heavy (non-hydrogen) atoms. The van der Waals surface area contributed by atoms with Crippen molar-refractivity contribution in [3.8, 4) is 102 Å². The Bertz CT molecular complexity index is 4540. The molecule has 0 amide bonds. The van der Waals surface area contributed by atoms with Gasteiger partial charge in [-0.2, -0.15) is 0 Å². The molecule has 5 heterocycles. The molecule has 8 aromatic carbocycles. The van der Waals surface area contributed by atoms with Crippen molar-refractivity contribution in [3.05, 3.63) is 175 Å². The molecule has 1 aliphatic heterocycles. The van der Waals surface area contributed by atoms with Gasteiger partial charge in [0, 0.05) is 120 Å². The lowest BCUT2D eigenvalue weighted by Crippen LogP contribution is -2.01. The van der Waals surface area contributed by atoms with Gasteiger partial charge in [-0.15, -0.1) is 0 Å². The highest BCUT2D eigenvalue weighted by molar-refractivity contribution is 6.32. The minimum atomic E-state index is 0.310. The molecule has 12 nitrogen and oxygen atoms in total. The van der Waals surface area contributed by atoms with Crippen molar-refractivity contribution in [1.82, 2.24) is 19.9 Å². The van der Waals surface area contributed by atoms with E-state index in [4.69, 9.17) is 84.3 Å². The molecule has 13 rings (SSSR count). The lowest BCUT2D eigenvalue weighted by Gasteiger charge is -2.17. The third-order valence-electron chi connectivity index (χ3n) is 16.2. The van der Waals surface area contributed by atoms with Gasteiger partial charge in [0.1, 0.15) is 46.0 Å². The van der Waals surface area contributed by atoms with E-state index < -0.39 is 0 Å². The zero-order valence-corrected chi connectivity index (χ0v) is 49.5. The number of aromatic amines is 4. The van der Waals surface area contributed by atoms with Crippen molar-refractivity contribution >= 4 is 90.0 Å². The van der Waals surface area contributed by atoms with Crippen molar-refractivity contribution < 1.29 is 37.9 Å². The van der Waals surface area contributed by atoms with Gasteiger partial charge in [-0.05, 0) is 70.8 Å². The molecule has 0 fully saturated rings. The molecule has 0 spiro atoms. The molecule has 16 heteroatoms. The second-order valence-corrected chi connectivity index (χ2v) is 22.0. The summed E-state index contributed by atoms with van der Waals surface area (Å²) in [7, 11) is 13.4. The number of hydrogen-bond donors (Lipinski definition) is 4. The summed E-state index contributed by atoms with van der Waals surface area (Å²) in [5.74, 6) is 4.69. The van der Waals surface area contributed by atoms with Gasteiger partial charge in [-0.3, -0.25) is 0 Å². The Morgan fingerprint density at radius 2 is 0.554 bits per heavy atom. The van der Waals surface area contributed by atoms with Crippen LogP contribution in [-0.4, -0.2) is 76.8 Å². The topological polar surface area (TPSA) is 137 Å². The van der Waals surface area contributed by atoms with Crippen molar-refractivity contribution in [2.24, 2.45) is 0 Å². The molecule has 0 saturated heterocycles. The summed E-state index contributed by atoms with van der Waals surface area (Å²) in [4.78, 5) is 16.1. The molecule has 1 aliphatic rings. The molecule has 0 saturated carbocycles. The predicted molar refractivity (Wildman–Crippen MR) is 335 cm³/mol. The molecule has 418 valence electrons. The molecule has 4 aromatic heterocycles. The average Bonchev–Trinajstić information content (AvgIpc) is 2.04. The second kappa shape index (κ2) is 21.3. The van der Waals surface area contributed by atoms with Crippen LogP contribution in [0.1, 0.15) is 33.8 Å². The number of H-pyrrole nitrogens is 4. The van der Waals surface area contributed by atoms with Gasteiger partial charge < -0.3 is 57.8 Å². The number of ether oxygens (including phenoxy) is 8. The average molecular weight is 1190 g/mol. The number of rotatable bonds is 12. The monoisotopic (exact) mass is 1180 g/mol. The highest BCUT2D eigenvalue weighted by Crippen LogP contribution is 2.55. The molecule has 8 bridgehead atoms. The standard InChI is InChI=1S/C67H54Cl4N4O8/c1-76-46-28-49(79-4)58-54(32-9-17-36(68)18-10-32)43-26-42-48(78-3)30-51(81-6)61-57(35-15-23-39(71)24-16-35)66(75-65(42)61)62-53(83-8)31-52(82-7)60-56(34-13-21-38(70)22-14-34)45(74-67(60)62)27-44-55(33-11-19-37(69)20-12-33)59-50(80-5)29-47(77-2)41(64(59)73-44)25-40(46)63(58)72-43/h9-24,28-31,72-75H,25-27H2,1-8H3. The summed E-state index contributed by atoms with van der Waals surface area (Å²) in [6.45, 7) is 0. The molecular formula is C67H54Cl4N4O8. The lowest BCUT2D eigenvalue weighted by molar-refractivity contribution is 0.392. The van der Waals surface area contributed by atoms with Crippen molar-refractivity contribution in [1.29, 1.82) is 0 Å². The Labute approximate surface area is 498 Å². The highest BCUT2D eigenvalue weighted by Gasteiger charge is 2.34. The van der Waals surface area contributed by atoms with E-state index in [0.717, 1.165) is 133 Å². The van der Waals surface area contributed by atoms with Crippen molar-refractivity contribution in [2.45, 2.75) is 19.3 Å². The summed E-state index contributed by atoms with van der Waals surface area (Å²) in [6, 6.07) is 39.3. The Hall–Kier alpha value is -8.52. The van der Waals surface area contributed by atoms with E-state index in [0.29, 0.717) is 85.3 Å². The first-order valence-electron chi connectivity index (χ1n) is 26.6. The SMILES string of the molecule is COc1cc(OC)c2c(-c3ccc(Cl)cc3)c3[nH]c2c1Cc1c(OC)cc(OC)c2c(-c4ccc(Cl)cc4)c([nH]c12)Cc1c(OC)cc(OC)c2c(-c4ccc(Cl)cc4)c([nH]c12)-c1c(OC)cc(OC)c2c(-c4ccc(Cl)cc4)c([nH]c12)C3. The number of benzene rings is 8. The van der Waals surface area contributed by atoms with Gasteiger partial charge in [0.05, 0.1) is 112 Å². The fraction of sp³-hybridized carbons (Fsp3) is 0.164. The van der Waals surface area contributed by atoms with E-state index in [2.05, 4.69) is 19.9 Å². The van der Waals surface area contributed by atoms with Crippen LogP contribution < -0.4 is 37.9 Å². The number of methoxy groups -OCH3 is 8. The fourth-order valence-corrected chi connectivity index (χ4v) is 13.1. The largest absolute Gasteiger partial charge is 0.496 e. The molecule has 0 aliphatic carbocycles. The van der Waals surface area contributed by atoms with Crippen LogP contribution in [0, 0.1) is 0 Å². The number of fused-ring (bicyclic) bond motifs is 5.